The van der Waals surface area contributed by atoms with Gasteiger partial charge in [0, 0.05) is 25.4 Å². The van der Waals surface area contributed by atoms with Gasteiger partial charge in [0.05, 0.1) is 6.10 Å². The zero-order valence-electron chi connectivity index (χ0n) is 9.64. The number of aliphatic hydroxyl groups excluding tert-OH is 1. The zero-order valence-corrected chi connectivity index (χ0v) is 9.64. The molecule has 16 heavy (non-hydrogen) atoms. The molecule has 0 spiro atoms. The number of unbranched alkanes of at least 4 members (excludes halogenated alkanes) is 1. The van der Waals surface area contributed by atoms with Gasteiger partial charge in [-0.05, 0) is 38.1 Å². The van der Waals surface area contributed by atoms with E-state index < -0.39 is 5.97 Å². The lowest BCUT2D eigenvalue weighted by molar-refractivity contribution is -0.137. The third-order valence-corrected chi connectivity index (χ3v) is 4.01. The lowest BCUT2D eigenvalue weighted by Crippen LogP contribution is -2.25. The van der Waals surface area contributed by atoms with Crippen molar-refractivity contribution in [3.63, 3.8) is 0 Å². The molecule has 0 aromatic carbocycles. The summed E-state index contributed by atoms with van der Waals surface area (Å²) < 4.78 is 0. The van der Waals surface area contributed by atoms with Gasteiger partial charge in [0.1, 0.15) is 0 Å². The molecular formula is C12H21NO3. The minimum absolute atomic E-state index is 0.0889. The van der Waals surface area contributed by atoms with Crippen molar-refractivity contribution in [1.29, 1.82) is 0 Å². The summed E-state index contributed by atoms with van der Waals surface area (Å²) >= 11 is 0. The van der Waals surface area contributed by atoms with Crippen LogP contribution in [-0.4, -0.2) is 46.8 Å². The van der Waals surface area contributed by atoms with Crippen molar-refractivity contribution in [3.05, 3.63) is 0 Å². The molecule has 0 bridgehead atoms. The van der Waals surface area contributed by atoms with Crippen molar-refractivity contribution in [1.82, 2.24) is 4.90 Å². The fourth-order valence-corrected chi connectivity index (χ4v) is 3.12. The molecule has 1 saturated heterocycles. The first-order chi connectivity index (χ1) is 7.66. The Morgan fingerprint density at radius 2 is 2.06 bits per heavy atom. The highest BCUT2D eigenvalue weighted by Crippen LogP contribution is 2.37. The topological polar surface area (TPSA) is 60.8 Å². The minimum Gasteiger partial charge on any atom is -0.481 e. The Balaban J connectivity index is 1.64. The van der Waals surface area contributed by atoms with Crippen molar-refractivity contribution in [2.24, 2.45) is 11.8 Å². The second-order valence-corrected chi connectivity index (χ2v) is 5.18. The lowest BCUT2D eigenvalue weighted by Gasteiger charge is -2.17. The average Bonchev–Trinajstić information content (AvgIpc) is 2.76. The Morgan fingerprint density at radius 3 is 2.75 bits per heavy atom. The summed E-state index contributed by atoms with van der Waals surface area (Å²) in [5.74, 6) is 0.475. The first-order valence-corrected chi connectivity index (χ1v) is 6.29. The Kier molecular flexibility index (Phi) is 3.82. The molecule has 3 atom stereocenters. The first kappa shape index (κ1) is 11.9. The number of likely N-dealkylation sites (tertiary alicyclic amines) is 1. The van der Waals surface area contributed by atoms with E-state index in [0.29, 0.717) is 11.8 Å². The van der Waals surface area contributed by atoms with Crippen molar-refractivity contribution < 1.29 is 15.0 Å². The smallest absolute Gasteiger partial charge is 0.303 e. The van der Waals surface area contributed by atoms with Gasteiger partial charge in [0.25, 0.3) is 0 Å². The molecule has 2 rings (SSSR count). The molecule has 2 aliphatic rings. The average molecular weight is 227 g/mol. The van der Waals surface area contributed by atoms with Gasteiger partial charge in [-0.3, -0.25) is 4.79 Å². The van der Waals surface area contributed by atoms with Crippen LogP contribution in [0, 0.1) is 11.8 Å². The molecule has 1 saturated carbocycles. The number of nitrogens with zero attached hydrogens (tertiary/aromatic N) is 1. The van der Waals surface area contributed by atoms with E-state index in [2.05, 4.69) is 4.90 Å². The van der Waals surface area contributed by atoms with E-state index >= 15 is 0 Å². The molecule has 2 fully saturated rings. The Labute approximate surface area is 96.3 Å². The maximum atomic E-state index is 10.4. The summed E-state index contributed by atoms with van der Waals surface area (Å²) in [5.41, 5.74) is 0. The van der Waals surface area contributed by atoms with Crippen molar-refractivity contribution in [2.45, 2.75) is 38.2 Å². The molecule has 0 aromatic heterocycles. The fraction of sp³-hybridized carbons (Fsp3) is 0.917. The molecule has 3 unspecified atom stereocenters. The SMILES string of the molecule is O=C(O)CCCCN1CC2CCC(O)C2C1. The van der Waals surface area contributed by atoms with Gasteiger partial charge >= 0.3 is 5.97 Å². The monoisotopic (exact) mass is 227 g/mol. The van der Waals surface area contributed by atoms with Crippen LogP contribution in [0.3, 0.4) is 0 Å². The summed E-state index contributed by atoms with van der Waals surface area (Å²) in [7, 11) is 0. The van der Waals surface area contributed by atoms with Crippen molar-refractivity contribution in [2.75, 3.05) is 19.6 Å². The molecule has 1 aliphatic heterocycles. The second-order valence-electron chi connectivity index (χ2n) is 5.18. The third kappa shape index (κ3) is 2.74. The highest BCUT2D eigenvalue weighted by atomic mass is 16.4. The zero-order chi connectivity index (χ0) is 11.5. The van der Waals surface area contributed by atoms with Gasteiger partial charge in [-0.2, -0.15) is 0 Å². The minimum atomic E-state index is -0.700. The van der Waals surface area contributed by atoms with Crippen LogP contribution in [-0.2, 0) is 4.79 Å². The van der Waals surface area contributed by atoms with Gasteiger partial charge in [0.2, 0.25) is 0 Å². The summed E-state index contributed by atoms with van der Waals surface area (Å²) in [5, 5.41) is 18.3. The summed E-state index contributed by atoms with van der Waals surface area (Å²) in [6.07, 6.45) is 4.06. The van der Waals surface area contributed by atoms with Crippen LogP contribution in [0.25, 0.3) is 0 Å². The van der Waals surface area contributed by atoms with E-state index in [0.717, 1.165) is 45.3 Å². The number of aliphatic carboxylic acids is 1. The number of aliphatic hydroxyl groups is 1. The van der Waals surface area contributed by atoms with Gasteiger partial charge in [-0.15, -0.1) is 0 Å². The van der Waals surface area contributed by atoms with Crippen LogP contribution in [0.15, 0.2) is 0 Å². The predicted molar refractivity (Wildman–Crippen MR) is 60.1 cm³/mol. The van der Waals surface area contributed by atoms with Crippen molar-refractivity contribution in [3.8, 4) is 0 Å². The van der Waals surface area contributed by atoms with Gasteiger partial charge in [0.15, 0.2) is 0 Å². The van der Waals surface area contributed by atoms with Gasteiger partial charge in [-0.1, -0.05) is 0 Å². The Bertz CT molecular complexity index is 257. The van der Waals surface area contributed by atoms with Crippen LogP contribution in [0.5, 0.6) is 0 Å². The van der Waals surface area contributed by atoms with Gasteiger partial charge in [-0.25, -0.2) is 0 Å². The molecule has 92 valence electrons. The van der Waals surface area contributed by atoms with Crippen LogP contribution in [0.4, 0.5) is 0 Å². The summed E-state index contributed by atoms with van der Waals surface area (Å²) in [6, 6.07) is 0. The number of carboxylic acids is 1. The lowest BCUT2D eigenvalue weighted by atomic mass is 10.00. The fourth-order valence-electron chi connectivity index (χ4n) is 3.12. The number of carbonyl (C=O) groups is 1. The van der Waals surface area contributed by atoms with E-state index in [1.165, 1.54) is 0 Å². The molecule has 1 heterocycles. The maximum Gasteiger partial charge on any atom is 0.303 e. The van der Waals surface area contributed by atoms with Crippen molar-refractivity contribution >= 4 is 5.97 Å². The quantitative estimate of drug-likeness (QED) is 0.686. The molecule has 0 radical (unpaired) electrons. The standard InChI is InChI=1S/C12H21NO3/c14-11-5-4-9-7-13(8-10(9)11)6-2-1-3-12(15)16/h9-11,14H,1-8H2,(H,15,16). The molecule has 4 nitrogen and oxygen atoms in total. The molecule has 0 amide bonds. The molecule has 1 aliphatic carbocycles. The Hall–Kier alpha value is -0.610. The number of hydrogen-bond donors (Lipinski definition) is 2. The van der Waals surface area contributed by atoms with E-state index in [1.54, 1.807) is 0 Å². The van der Waals surface area contributed by atoms with Crippen LogP contribution in [0.1, 0.15) is 32.1 Å². The summed E-state index contributed by atoms with van der Waals surface area (Å²) in [6.45, 7) is 3.11. The highest BCUT2D eigenvalue weighted by molar-refractivity contribution is 5.66. The Morgan fingerprint density at radius 1 is 1.25 bits per heavy atom. The molecule has 0 aromatic rings. The second kappa shape index (κ2) is 5.15. The number of fused-ring (bicyclic) bond motifs is 1. The number of hydrogen-bond acceptors (Lipinski definition) is 3. The number of carboxylic acid groups (broad SMARTS) is 1. The predicted octanol–water partition coefficient (Wildman–Crippen LogP) is 0.944. The maximum absolute atomic E-state index is 10.4. The van der Waals surface area contributed by atoms with E-state index in [9.17, 15) is 9.90 Å². The highest BCUT2D eigenvalue weighted by Gasteiger charge is 2.41. The number of rotatable bonds is 5. The normalized spacial score (nSPS) is 34.2. The van der Waals surface area contributed by atoms with Crippen LogP contribution >= 0.6 is 0 Å². The van der Waals surface area contributed by atoms with Crippen LogP contribution in [0.2, 0.25) is 0 Å². The molecule has 2 N–H and O–H groups in total. The summed E-state index contributed by atoms with van der Waals surface area (Å²) in [4.78, 5) is 12.7. The van der Waals surface area contributed by atoms with E-state index in [4.69, 9.17) is 5.11 Å². The van der Waals surface area contributed by atoms with E-state index in [-0.39, 0.29) is 12.5 Å². The van der Waals surface area contributed by atoms with Crippen LogP contribution < -0.4 is 0 Å². The molecular weight excluding hydrogens is 206 g/mol. The van der Waals surface area contributed by atoms with E-state index in [1.807, 2.05) is 0 Å². The third-order valence-electron chi connectivity index (χ3n) is 4.01. The first-order valence-electron chi connectivity index (χ1n) is 6.29. The van der Waals surface area contributed by atoms with Gasteiger partial charge < -0.3 is 15.1 Å². The largest absolute Gasteiger partial charge is 0.481 e. The molecule has 4 heteroatoms.